The van der Waals surface area contributed by atoms with Gasteiger partial charge in [-0.2, -0.15) is 0 Å². The minimum absolute atomic E-state index is 0.0884. The highest BCUT2D eigenvalue weighted by molar-refractivity contribution is 7.07. The first kappa shape index (κ1) is 11.9. The summed E-state index contributed by atoms with van der Waals surface area (Å²) in [6.07, 6.45) is 1.34. The average molecular weight is 273 g/mol. The molecule has 0 bridgehead atoms. The van der Waals surface area contributed by atoms with Crippen molar-refractivity contribution in [3.8, 4) is 5.75 Å². The van der Waals surface area contributed by atoms with Crippen molar-refractivity contribution in [2.45, 2.75) is 6.54 Å². The number of nitrogens with one attached hydrogen (secondary N) is 2. The molecule has 0 atom stereocenters. The molecule has 0 amide bonds. The van der Waals surface area contributed by atoms with Crippen molar-refractivity contribution in [1.29, 1.82) is 0 Å². The van der Waals surface area contributed by atoms with Crippen LogP contribution in [0.5, 0.6) is 5.75 Å². The maximum Gasteiger partial charge on any atom is 0.304 e. The Kier molecular flexibility index (Phi) is 3.60. The number of anilines is 1. The monoisotopic (exact) mass is 272 g/mol. The molecule has 2 aromatic rings. The number of rotatable bonds is 4. The Bertz CT molecular complexity index is 568. The van der Waals surface area contributed by atoms with Crippen molar-refractivity contribution in [3.63, 3.8) is 0 Å². The molecule has 0 aliphatic rings. The van der Waals surface area contributed by atoms with Crippen molar-refractivity contribution in [1.82, 2.24) is 15.0 Å². The maximum absolute atomic E-state index is 10.9. The van der Waals surface area contributed by atoms with Crippen LogP contribution in [0.25, 0.3) is 0 Å². The summed E-state index contributed by atoms with van der Waals surface area (Å²) in [5.41, 5.74) is 0.775. The van der Waals surface area contributed by atoms with Crippen LogP contribution in [0.15, 0.2) is 16.5 Å². The lowest BCUT2D eigenvalue weighted by atomic mass is 10.4. The van der Waals surface area contributed by atoms with Crippen LogP contribution in [-0.2, 0) is 6.54 Å². The van der Waals surface area contributed by atoms with E-state index in [9.17, 15) is 4.79 Å². The molecule has 0 aromatic carbocycles. The Balaban J connectivity index is 2.13. The molecule has 0 spiro atoms. The third kappa shape index (κ3) is 2.75. The summed E-state index contributed by atoms with van der Waals surface area (Å²) in [6.45, 7) is 0.433. The predicted molar refractivity (Wildman–Crippen MR) is 65.9 cm³/mol. The van der Waals surface area contributed by atoms with E-state index in [1.165, 1.54) is 13.4 Å². The van der Waals surface area contributed by atoms with E-state index in [1.807, 2.05) is 0 Å². The van der Waals surface area contributed by atoms with E-state index in [0.717, 1.165) is 17.0 Å². The normalized spacial score (nSPS) is 10.2. The standard InChI is InChI=1S/C9H9ClN4O2S/c1-16-6-7(10)12-4-13-8(6)11-2-5-3-17-9(15)14-5/h3-4H,2H2,1H3,(H,14,15)(H,11,12,13). The quantitative estimate of drug-likeness (QED) is 0.825. The van der Waals surface area contributed by atoms with Gasteiger partial charge in [0.15, 0.2) is 16.7 Å². The third-order valence-corrected chi connectivity index (χ3v) is 2.97. The molecule has 90 valence electrons. The van der Waals surface area contributed by atoms with Crippen LogP contribution in [0, 0.1) is 0 Å². The lowest BCUT2D eigenvalue weighted by Gasteiger charge is -2.09. The van der Waals surface area contributed by atoms with Crippen molar-refractivity contribution in [3.05, 3.63) is 32.2 Å². The van der Waals surface area contributed by atoms with Gasteiger partial charge in [0.1, 0.15) is 6.33 Å². The van der Waals surface area contributed by atoms with Gasteiger partial charge in [0.2, 0.25) is 0 Å². The molecule has 2 heterocycles. The van der Waals surface area contributed by atoms with Gasteiger partial charge in [-0.3, -0.25) is 4.79 Å². The number of hydrogen-bond donors (Lipinski definition) is 2. The molecule has 2 rings (SSSR count). The zero-order valence-corrected chi connectivity index (χ0v) is 10.4. The van der Waals surface area contributed by atoms with Gasteiger partial charge < -0.3 is 15.0 Å². The summed E-state index contributed by atoms with van der Waals surface area (Å²) in [5.74, 6) is 0.867. The van der Waals surface area contributed by atoms with E-state index in [-0.39, 0.29) is 10.0 Å². The molecule has 0 saturated heterocycles. The average Bonchev–Trinajstić information content (AvgIpc) is 2.72. The summed E-state index contributed by atoms with van der Waals surface area (Å²) < 4.78 is 5.08. The Morgan fingerprint density at radius 2 is 2.41 bits per heavy atom. The van der Waals surface area contributed by atoms with Crippen molar-refractivity contribution >= 4 is 28.8 Å². The maximum atomic E-state index is 10.9. The summed E-state index contributed by atoms with van der Waals surface area (Å²) in [7, 11) is 1.49. The van der Waals surface area contributed by atoms with Gasteiger partial charge in [-0.05, 0) is 0 Å². The lowest BCUT2D eigenvalue weighted by molar-refractivity contribution is 0.413. The SMILES string of the molecule is COc1c(Cl)ncnc1NCc1csc(=O)[nH]1. The zero-order chi connectivity index (χ0) is 12.3. The molecule has 8 heteroatoms. The van der Waals surface area contributed by atoms with Crippen LogP contribution in [0.3, 0.4) is 0 Å². The number of aromatic amines is 1. The van der Waals surface area contributed by atoms with E-state index >= 15 is 0 Å². The molecule has 2 aromatic heterocycles. The highest BCUT2D eigenvalue weighted by Crippen LogP contribution is 2.28. The first-order valence-corrected chi connectivity index (χ1v) is 5.91. The van der Waals surface area contributed by atoms with Crippen LogP contribution in [-0.4, -0.2) is 22.1 Å². The highest BCUT2D eigenvalue weighted by atomic mass is 35.5. The number of nitrogens with zero attached hydrogens (tertiary/aromatic N) is 2. The smallest absolute Gasteiger partial charge is 0.304 e. The van der Waals surface area contributed by atoms with Crippen molar-refractivity contribution < 1.29 is 4.74 Å². The largest absolute Gasteiger partial charge is 0.490 e. The topological polar surface area (TPSA) is 79.9 Å². The summed E-state index contributed by atoms with van der Waals surface area (Å²) in [6, 6.07) is 0. The highest BCUT2D eigenvalue weighted by Gasteiger charge is 2.09. The fraction of sp³-hybridized carbons (Fsp3) is 0.222. The Hall–Kier alpha value is -1.60. The second kappa shape index (κ2) is 5.15. The fourth-order valence-electron chi connectivity index (χ4n) is 1.24. The summed E-state index contributed by atoms with van der Waals surface area (Å²) in [5, 5.41) is 4.99. The number of thiazole rings is 1. The Morgan fingerprint density at radius 3 is 3.06 bits per heavy atom. The van der Waals surface area contributed by atoms with Crippen molar-refractivity contribution in [2.24, 2.45) is 0 Å². The Morgan fingerprint density at radius 1 is 1.59 bits per heavy atom. The van der Waals surface area contributed by atoms with Gasteiger partial charge in [0.25, 0.3) is 0 Å². The molecule has 0 radical (unpaired) electrons. The molecule has 17 heavy (non-hydrogen) atoms. The van der Waals surface area contributed by atoms with Crippen LogP contribution < -0.4 is 14.9 Å². The van der Waals surface area contributed by atoms with Crippen LogP contribution in [0.1, 0.15) is 5.69 Å². The summed E-state index contributed by atoms with van der Waals surface area (Å²) >= 11 is 6.95. The number of halogens is 1. The van der Waals surface area contributed by atoms with Gasteiger partial charge in [-0.25, -0.2) is 9.97 Å². The minimum Gasteiger partial charge on any atom is -0.490 e. The number of H-pyrrole nitrogens is 1. The van der Waals surface area contributed by atoms with E-state index in [0.29, 0.717) is 18.1 Å². The minimum atomic E-state index is -0.0884. The van der Waals surface area contributed by atoms with Gasteiger partial charge >= 0.3 is 4.87 Å². The predicted octanol–water partition coefficient (Wildman–Crippen LogP) is 1.50. The Labute approximate surface area is 106 Å². The number of aromatic nitrogens is 3. The zero-order valence-electron chi connectivity index (χ0n) is 8.86. The number of hydrogen-bond acceptors (Lipinski definition) is 6. The van der Waals surface area contributed by atoms with Gasteiger partial charge in [-0.1, -0.05) is 22.9 Å². The van der Waals surface area contributed by atoms with Crippen LogP contribution in [0.2, 0.25) is 5.15 Å². The van der Waals surface area contributed by atoms with Gasteiger partial charge in [0, 0.05) is 11.1 Å². The summed E-state index contributed by atoms with van der Waals surface area (Å²) in [4.78, 5) is 21.4. The molecule has 0 unspecified atom stereocenters. The molecule has 0 aliphatic carbocycles. The lowest BCUT2D eigenvalue weighted by Crippen LogP contribution is -2.06. The first-order valence-electron chi connectivity index (χ1n) is 4.65. The van der Waals surface area contributed by atoms with Crippen LogP contribution in [0.4, 0.5) is 5.82 Å². The molecule has 0 saturated carbocycles. The second-order valence-electron chi connectivity index (χ2n) is 3.07. The van der Waals surface area contributed by atoms with Gasteiger partial charge in [-0.15, -0.1) is 0 Å². The number of ether oxygens (including phenoxy) is 1. The molecule has 2 N–H and O–H groups in total. The van der Waals surface area contributed by atoms with E-state index in [1.54, 1.807) is 5.38 Å². The fourth-order valence-corrected chi connectivity index (χ4v) is 2.03. The van der Waals surface area contributed by atoms with Gasteiger partial charge in [0.05, 0.1) is 13.7 Å². The van der Waals surface area contributed by atoms with E-state index in [2.05, 4.69) is 20.3 Å². The third-order valence-electron chi connectivity index (χ3n) is 1.98. The van der Waals surface area contributed by atoms with Crippen molar-refractivity contribution in [2.75, 3.05) is 12.4 Å². The molecule has 0 aliphatic heterocycles. The van der Waals surface area contributed by atoms with E-state index < -0.39 is 0 Å². The molecule has 0 fully saturated rings. The molecular formula is C9H9ClN4O2S. The molecule has 6 nitrogen and oxygen atoms in total. The first-order chi connectivity index (χ1) is 8.20. The van der Waals surface area contributed by atoms with E-state index in [4.69, 9.17) is 16.3 Å². The second-order valence-corrected chi connectivity index (χ2v) is 4.27. The van der Waals surface area contributed by atoms with Crippen LogP contribution >= 0.6 is 22.9 Å². The molecular weight excluding hydrogens is 264 g/mol. The number of methoxy groups -OCH3 is 1.